The van der Waals surface area contributed by atoms with Crippen LogP contribution >= 0.6 is 0 Å². The van der Waals surface area contributed by atoms with Crippen molar-refractivity contribution in [2.45, 2.75) is 0 Å². The van der Waals surface area contributed by atoms with Crippen molar-refractivity contribution in [3.8, 4) is 11.5 Å². The molecular formula is C11H12N2O2. The van der Waals surface area contributed by atoms with Crippen LogP contribution in [0.4, 0.5) is 5.69 Å². The molecular weight excluding hydrogens is 192 g/mol. The first-order valence-electron chi connectivity index (χ1n) is 4.52. The number of pyridine rings is 1. The minimum Gasteiger partial charge on any atom is -0.497 e. The zero-order valence-corrected chi connectivity index (χ0v) is 8.65. The molecule has 0 bridgehead atoms. The molecule has 2 N–H and O–H groups in total. The predicted molar refractivity (Wildman–Crippen MR) is 59.3 cm³/mol. The average Bonchev–Trinajstić information content (AvgIpc) is 2.26. The Kier molecular flexibility index (Phi) is 2.33. The summed E-state index contributed by atoms with van der Waals surface area (Å²) in [5.74, 6) is 1.41. The molecule has 0 saturated heterocycles. The van der Waals surface area contributed by atoms with Gasteiger partial charge in [0, 0.05) is 11.5 Å². The van der Waals surface area contributed by atoms with Crippen LogP contribution in [0.3, 0.4) is 0 Å². The van der Waals surface area contributed by atoms with E-state index in [0.29, 0.717) is 11.4 Å². The SMILES string of the molecule is COc1cc(OC)c2ncc(N)cc2c1. The third-order valence-corrected chi connectivity index (χ3v) is 2.20. The lowest BCUT2D eigenvalue weighted by Gasteiger charge is -2.08. The van der Waals surface area contributed by atoms with Gasteiger partial charge in [-0.1, -0.05) is 0 Å². The van der Waals surface area contributed by atoms with Gasteiger partial charge in [0.2, 0.25) is 0 Å². The molecule has 1 aromatic carbocycles. The maximum Gasteiger partial charge on any atom is 0.148 e. The van der Waals surface area contributed by atoms with Crippen LogP contribution < -0.4 is 15.2 Å². The van der Waals surface area contributed by atoms with E-state index in [0.717, 1.165) is 16.7 Å². The van der Waals surface area contributed by atoms with Gasteiger partial charge in [0.1, 0.15) is 17.0 Å². The molecule has 4 nitrogen and oxygen atoms in total. The molecule has 0 aliphatic carbocycles. The second kappa shape index (κ2) is 3.65. The fourth-order valence-electron chi connectivity index (χ4n) is 1.48. The van der Waals surface area contributed by atoms with Crippen LogP contribution in [-0.4, -0.2) is 19.2 Å². The molecule has 0 unspecified atom stereocenters. The highest BCUT2D eigenvalue weighted by Gasteiger charge is 2.06. The Morgan fingerprint density at radius 1 is 1.13 bits per heavy atom. The van der Waals surface area contributed by atoms with E-state index in [-0.39, 0.29) is 0 Å². The number of ether oxygens (including phenoxy) is 2. The molecule has 1 heterocycles. The largest absolute Gasteiger partial charge is 0.497 e. The number of methoxy groups -OCH3 is 2. The van der Waals surface area contributed by atoms with E-state index in [1.807, 2.05) is 12.1 Å². The molecule has 0 fully saturated rings. The van der Waals surface area contributed by atoms with Crippen molar-refractivity contribution >= 4 is 16.6 Å². The molecule has 0 saturated carbocycles. The predicted octanol–water partition coefficient (Wildman–Crippen LogP) is 1.83. The van der Waals surface area contributed by atoms with Gasteiger partial charge >= 0.3 is 0 Å². The van der Waals surface area contributed by atoms with Gasteiger partial charge in [0.15, 0.2) is 0 Å². The van der Waals surface area contributed by atoms with Crippen LogP contribution in [0.15, 0.2) is 24.4 Å². The van der Waals surface area contributed by atoms with Crippen LogP contribution in [0.5, 0.6) is 11.5 Å². The molecule has 0 aliphatic heterocycles. The van der Waals surface area contributed by atoms with Crippen molar-refractivity contribution in [2.24, 2.45) is 0 Å². The number of hydrogen-bond donors (Lipinski definition) is 1. The lowest BCUT2D eigenvalue weighted by molar-refractivity contribution is 0.397. The summed E-state index contributed by atoms with van der Waals surface area (Å²) in [5, 5.41) is 0.909. The van der Waals surface area contributed by atoms with Gasteiger partial charge in [-0.15, -0.1) is 0 Å². The van der Waals surface area contributed by atoms with E-state index in [4.69, 9.17) is 15.2 Å². The summed E-state index contributed by atoms with van der Waals surface area (Å²) in [6, 6.07) is 5.51. The smallest absolute Gasteiger partial charge is 0.148 e. The van der Waals surface area contributed by atoms with Gasteiger partial charge in [0.05, 0.1) is 26.1 Å². The number of hydrogen-bond acceptors (Lipinski definition) is 4. The quantitative estimate of drug-likeness (QED) is 0.810. The Labute approximate surface area is 87.6 Å². The highest BCUT2D eigenvalue weighted by Crippen LogP contribution is 2.30. The molecule has 78 valence electrons. The zero-order chi connectivity index (χ0) is 10.8. The van der Waals surface area contributed by atoms with E-state index in [1.165, 1.54) is 0 Å². The van der Waals surface area contributed by atoms with Crippen molar-refractivity contribution in [3.05, 3.63) is 24.4 Å². The second-order valence-corrected chi connectivity index (χ2v) is 3.17. The van der Waals surface area contributed by atoms with Crippen molar-refractivity contribution in [2.75, 3.05) is 20.0 Å². The number of nitrogen functional groups attached to an aromatic ring is 1. The number of anilines is 1. The van der Waals surface area contributed by atoms with Crippen LogP contribution in [-0.2, 0) is 0 Å². The van der Waals surface area contributed by atoms with E-state index < -0.39 is 0 Å². The summed E-state index contributed by atoms with van der Waals surface area (Å²) in [5.41, 5.74) is 7.07. The molecule has 0 radical (unpaired) electrons. The fraction of sp³-hybridized carbons (Fsp3) is 0.182. The van der Waals surface area contributed by atoms with Gasteiger partial charge in [0.25, 0.3) is 0 Å². The van der Waals surface area contributed by atoms with Crippen LogP contribution in [0.1, 0.15) is 0 Å². The minimum absolute atomic E-state index is 0.623. The normalized spacial score (nSPS) is 10.3. The minimum atomic E-state index is 0.623. The summed E-state index contributed by atoms with van der Waals surface area (Å²) in [6.45, 7) is 0. The van der Waals surface area contributed by atoms with Gasteiger partial charge in [-0.3, -0.25) is 4.98 Å². The Balaban J connectivity index is 2.74. The van der Waals surface area contributed by atoms with Crippen LogP contribution in [0, 0.1) is 0 Å². The van der Waals surface area contributed by atoms with Crippen LogP contribution in [0.25, 0.3) is 10.9 Å². The third kappa shape index (κ3) is 1.66. The van der Waals surface area contributed by atoms with E-state index in [2.05, 4.69) is 4.98 Å². The second-order valence-electron chi connectivity index (χ2n) is 3.17. The van der Waals surface area contributed by atoms with Crippen molar-refractivity contribution in [1.29, 1.82) is 0 Å². The van der Waals surface area contributed by atoms with Crippen molar-refractivity contribution < 1.29 is 9.47 Å². The number of benzene rings is 1. The summed E-state index contributed by atoms with van der Waals surface area (Å²) < 4.78 is 10.4. The van der Waals surface area contributed by atoms with Crippen molar-refractivity contribution in [3.63, 3.8) is 0 Å². The highest BCUT2D eigenvalue weighted by molar-refractivity contribution is 5.88. The first-order valence-corrected chi connectivity index (χ1v) is 4.52. The molecule has 0 amide bonds. The molecule has 1 aromatic heterocycles. The summed E-state index contributed by atoms with van der Waals surface area (Å²) in [7, 11) is 3.21. The van der Waals surface area contributed by atoms with Crippen LogP contribution in [0.2, 0.25) is 0 Å². The number of nitrogens with two attached hydrogens (primary N) is 1. The Bertz CT molecular complexity index is 497. The number of nitrogens with zero attached hydrogens (tertiary/aromatic N) is 1. The zero-order valence-electron chi connectivity index (χ0n) is 8.65. The summed E-state index contributed by atoms with van der Waals surface area (Å²) >= 11 is 0. The Morgan fingerprint density at radius 3 is 2.60 bits per heavy atom. The first-order chi connectivity index (χ1) is 7.24. The highest BCUT2D eigenvalue weighted by atomic mass is 16.5. The molecule has 0 spiro atoms. The number of rotatable bonds is 2. The molecule has 0 atom stereocenters. The van der Waals surface area contributed by atoms with E-state index >= 15 is 0 Å². The molecule has 15 heavy (non-hydrogen) atoms. The van der Waals surface area contributed by atoms with Gasteiger partial charge in [-0.2, -0.15) is 0 Å². The fourth-order valence-corrected chi connectivity index (χ4v) is 1.48. The molecule has 2 aromatic rings. The molecule has 4 heteroatoms. The molecule has 0 aliphatic rings. The summed E-state index contributed by atoms with van der Waals surface area (Å²) in [6.07, 6.45) is 1.61. The third-order valence-electron chi connectivity index (χ3n) is 2.20. The van der Waals surface area contributed by atoms with Gasteiger partial charge in [-0.05, 0) is 12.1 Å². The Morgan fingerprint density at radius 2 is 1.93 bits per heavy atom. The maximum atomic E-state index is 5.66. The van der Waals surface area contributed by atoms with Gasteiger partial charge in [-0.25, -0.2) is 0 Å². The topological polar surface area (TPSA) is 57.4 Å². The standard InChI is InChI=1S/C11H12N2O2/c1-14-9-4-7-3-8(12)6-13-11(7)10(5-9)15-2/h3-6H,12H2,1-2H3. The number of aromatic nitrogens is 1. The van der Waals surface area contributed by atoms with Gasteiger partial charge < -0.3 is 15.2 Å². The van der Waals surface area contributed by atoms with Crippen molar-refractivity contribution in [1.82, 2.24) is 4.98 Å². The molecule has 2 rings (SSSR count). The monoisotopic (exact) mass is 204 g/mol. The average molecular weight is 204 g/mol. The lowest BCUT2D eigenvalue weighted by Crippen LogP contribution is -1.92. The Hall–Kier alpha value is -1.97. The lowest BCUT2D eigenvalue weighted by atomic mass is 10.2. The summed E-state index contributed by atoms with van der Waals surface area (Å²) in [4.78, 5) is 4.22. The number of fused-ring (bicyclic) bond motifs is 1. The van der Waals surface area contributed by atoms with E-state index in [9.17, 15) is 0 Å². The van der Waals surface area contributed by atoms with E-state index in [1.54, 1.807) is 26.5 Å². The first kappa shape index (κ1) is 9.58. The maximum absolute atomic E-state index is 5.66.